The molecule has 0 bridgehead atoms. The van der Waals surface area contributed by atoms with E-state index in [2.05, 4.69) is 24.1 Å². The Kier molecular flexibility index (Phi) is 3.29. The van der Waals surface area contributed by atoms with E-state index < -0.39 is 0 Å². The third-order valence-electron chi connectivity index (χ3n) is 3.22. The van der Waals surface area contributed by atoms with E-state index in [1.54, 1.807) is 0 Å². The molecule has 2 aliphatic rings. The fraction of sp³-hybridized carbons (Fsp3) is 0.917. The van der Waals surface area contributed by atoms with Crippen molar-refractivity contribution in [3.05, 3.63) is 0 Å². The van der Waals surface area contributed by atoms with Crippen LogP contribution in [0.4, 0.5) is 0 Å². The third kappa shape index (κ3) is 3.49. The van der Waals surface area contributed by atoms with Crippen molar-refractivity contribution in [2.75, 3.05) is 6.54 Å². The van der Waals surface area contributed by atoms with Gasteiger partial charge in [0.2, 0.25) is 5.91 Å². The predicted octanol–water partition coefficient (Wildman–Crippen LogP) is 1.53. The van der Waals surface area contributed by atoms with Crippen LogP contribution < -0.4 is 5.32 Å². The average molecular weight is 210 g/mol. The molecular weight excluding hydrogens is 188 g/mol. The molecule has 2 fully saturated rings. The molecule has 2 rings (SSSR count). The number of nitrogens with zero attached hydrogens (tertiary/aromatic N) is 1. The second kappa shape index (κ2) is 4.52. The Bertz CT molecular complexity index is 230. The van der Waals surface area contributed by atoms with Crippen LogP contribution in [0.5, 0.6) is 0 Å². The van der Waals surface area contributed by atoms with E-state index in [-0.39, 0.29) is 5.91 Å². The quantitative estimate of drug-likeness (QED) is 0.721. The fourth-order valence-corrected chi connectivity index (χ4v) is 2.03. The van der Waals surface area contributed by atoms with Gasteiger partial charge in [0.15, 0.2) is 0 Å². The second-order valence-electron chi connectivity index (χ2n) is 5.15. The third-order valence-corrected chi connectivity index (χ3v) is 3.22. The Morgan fingerprint density at radius 1 is 1.33 bits per heavy atom. The molecule has 2 saturated carbocycles. The van der Waals surface area contributed by atoms with Crippen molar-refractivity contribution >= 4 is 5.91 Å². The summed E-state index contributed by atoms with van der Waals surface area (Å²) in [6.45, 7) is 5.37. The molecule has 0 saturated heterocycles. The largest absolute Gasteiger partial charge is 0.353 e. The zero-order chi connectivity index (χ0) is 10.8. The van der Waals surface area contributed by atoms with Crippen molar-refractivity contribution in [3.8, 4) is 0 Å². The summed E-state index contributed by atoms with van der Waals surface area (Å²) < 4.78 is 0. The van der Waals surface area contributed by atoms with E-state index in [1.807, 2.05) is 0 Å². The lowest BCUT2D eigenvalue weighted by Crippen LogP contribution is -2.37. The lowest BCUT2D eigenvalue weighted by atomic mass is 10.2. The summed E-state index contributed by atoms with van der Waals surface area (Å²) in [4.78, 5) is 14.0. The van der Waals surface area contributed by atoms with E-state index in [0.717, 1.165) is 12.6 Å². The van der Waals surface area contributed by atoms with Crippen LogP contribution in [0.15, 0.2) is 0 Å². The number of rotatable bonds is 6. The van der Waals surface area contributed by atoms with Crippen molar-refractivity contribution < 1.29 is 4.79 Å². The molecule has 1 amide bonds. The van der Waals surface area contributed by atoms with Gasteiger partial charge < -0.3 is 5.32 Å². The molecule has 0 aromatic carbocycles. The zero-order valence-corrected chi connectivity index (χ0v) is 9.83. The van der Waals surface area contributed by atoms with Gasteiger partial charge in [0.05, 0.1) is 0 Å². The molecule has 0 heterocycles. The molecule has 0 spiro atoms. The Morgan fingerprint density at radius 2 is 2.00 bits per heavy atom. The topological polar surface area (TPSA) is 32.3 Å². The predicted molar refractivity (Wildman–Crippen MR) is 60.6 cm³/mol. The van der Waals surface area contributed by atoms with Crippen LogP contribution in [0.3, 0.4) is 0 Å². The zero-order valence-electron chi connectivity index (χ0n) is 9.83. The van der Waals surface area contributed by atoms with Gasteiger partial charge in [-0.2, -0.15) is 0 Å². The maximum Gasteiger partial charge on any atom is 0.221 e. The molecule has 3 nitrogen and oxygen atoms in total. The molecule has 3 heteroatoms. The fourth-order valence-electron chi connectivity index (χ4n) is 2.03. The van der Waals surface area contributed by atoms with Crippen molar-refractivity contribution in [2.24, 2.45) is 0 Å². The maximum atomic E-state index is 11.5. The lowest BCUT2D eigenvalue weighted by molar-refractivity contribution is -0.121. The lowest BCUT2D eigenvalue weighted by Gasteiger charge is -2.25. The number of carbonyl (C=O) groups is 1. The number of nitrogens with one attached hydrogen (secondary N) is 1. The van der Waals surface area contributed by atoms with Gasteiger partial charge in [-0.05, 0) is 39.5 Å². The minimum Gasteiger partial charge on any atom is -0.353 e. The van der Waals surface area contributed by atoms with Crippen LogP contribution >= 0.6 is 0 Å². The summed E-state index contributed by atoms with van der Waals surface area (Å²) in [6, 6.07) is 1.84. The van der Waals surface area contributed by atoms with Gasteiger partial charge in [0.1, 0.15) is 0 Å². The molecule has 1 N–H and O–H groups in total. The molecule has 15 heavy (non-hydrogen) atoms. The number of carbonyl (C=O) groups excluding carboxylic acids is 1. The Balaban J connectivity index is 1.67. The highest BCUT2D eigenvalue weighted by Crippen LogP contribution is 2.28. The molecule has 0 aromatic heterocycles. The van der Waals surface area contributed by atoms with Crippen molar-refractivity contribution in [3.63, 3.8) is 0 Å². The summed E-state index contributed by atoms with van der Waals surface area (Å²) in [5.74, 6) is 0.240. The van der Waals surface area contributed by atoms with Gasteiger partial charge in [0, 0.05) is 31.1 Å². The minimum atomic E-state index is 0.240. The minimum absolute atomic E-state index is 0.240. The highest BCUT2D eigenvalue weighted by Gasteiger charge is 2.31. The average Bonchev–Trinajstić information content (AvgIpc) is 2.96. The normalized spacial score (nSPS) is 21.1. The SMILES string of the molecule is CC(C)N(CCC(=O)NC1CC1)C1CC1. The summed E-state index contributed by atoms with van der Waals surface area (Å²) in [5.41, 5.74) is 0. The summed E-state index contributed by atoms with van der Waals surface area (Å²) in [5, 5.41) is 3.04. The summed E-state index contributed by atoms with van der Waals surface area (Å²) >= 11 is 0. The van der Waals surface area contributed by atoms with Gasteiger partial charge in [-0.1, -0.05) is 0 Å². The number of hydrogen-bond donors (Lipinski definition) is 1. The summed E-state index contributed by atoms with van der Waals surface area (Å²) in [7, 11) is 0. The molecular formula is C12H22N2O. The second-order valence-corrected chi connectivity index (χ2v) is 5.15. The standard InChI is InChI=1S/C12H22N2O/c1-9(2)14(11-5-6-11)8-7-12(15)13-10-3-4-10/h9-11H,3-8H2,1-2H3,(H,13,15). The van der Waals surface area contributed by atoms with Crippen molar-refractivity contribution in [1.82, 2.24) is 10.2 Å². The van der Waals surface area contributed by atoms with E-state index in [4.69, 9.17) is 0 Å². The first kappa shape index (κ1) is 10.9. The molecule has 0 aromatic rings. The monoisotopic (exact) mass is 210 g/mol. The van der Waals surface area contributed by atoms with Crippen LogP contribution in [0.1, 0.15) is 46.0 Å². The van der Waals surface area contributed by atoms with E-state index in [0.29, 0.717) is 18.5 Å². The van der Waals surface area contributed by atoms with E-state index in [9.17, 15) is 4.79 Å². The smallest absolute Gasteiger partial charge is 0.221 e. The summed E-state index contributed by atoms with van der Waals surface area (Å²) in [6.07, 6.45) is 5.68. The Labute approximate surface area is 92.2 Å². The molecule has 0 radical (unpaired) electrons. The van der Waals surface area contributed by atoms with Gasteiger partial charge >= 0.3 is 0 Å². The highest BCUT2D eigenvalue weighted by molar-refractivity contribution is 5.76. The van der Waals surface area contributed by atoms with Gasteiger partial charge in [-0.25, -0.2) is 0 Å². The molecule has 0 aliphatic heterocycles. The Hall–Kier alpha value is -0.570. The maximum absolute atomic E-state index is 11.5. The van der Waals surface area contributed by atoms with Crippen LogP contribution in [0.2, 0.25) is 0 Å². The van der Waals surface area contributed by atoms with Crippen molar-refractivity contribution in [1.29, 1.82) is 0 Å². The first-order chi connectivity index (χ1) is 7.16. The molecule has 86 valence electrons. The first-order valence-corrected chi connectivity index (χ1v) is 6.22. The Morgan fingerprint density at radius 3 is 2.47 bits per heavy atom. The van der Waals surface area contributed by atoms with Gasteiger partial charge in [0.25, 0.3) is 0 Å². The number of hydrogen-bond acceptors (Lipinski definition) is 2. The molecule has 0 unspecified atom stereocenters. The van der Waals surface area contributed by atoms with Crippen molar-refractivity contribution in [2.45, 2.75) is 64.1 Å². The first-order valence-electron chi connectivity index (χ1n) is 6.22. The number of amides is 1. The van der Waals surface area contributed by atoms with Gasteiger partial charge in [-0.3, -0.25) is 9.69 Å². The highest BCUT2D eigenvalue weighted by atomic mass is 16.1. The van der Waals surface area contributed by atoms with Gasteiger partial charge in [-0.15, -0.1) is 0 Å². The molecule has 2 aliphatic carbocycles. The van der Waals surface area contributed by atoms with Crippen LogP contribution in [-0.4, -0.2) is 35.5 Å². The van der Waals surface area contributed by atoms with E-state index >= 15 is 0 Å². The van der Waals surface area contributed by atoms with Crippen LogP contribution in [-0.2, 0) is 4.79 Å². The van der Waals surface area contributed by atoms with Crippen LogP contribution in [0.25, 0.3) is 0 Å². The van der Waals surface area contributed by atoms with Crippen LogP contribution in [0, 0.1) is 0 Å². The van der Waals surface area contributed by atoms with E-state index in [1.165, 1.54) is 25.7 Å². The molecule has 0 atom stereocenters.